The van der Waals surface area contributed by atoms with Crippen LogP contribution in [0.1, 0.15) is 12.8 Å². The van der Waals surface area contributed by atoms with Crippen molar-refractivity contribution in [1.82, 2.24) is 5.16 Å². The predicted molar refractivity (Wildman–Crippen MR) is 50.8 cm³/mol. The Morgan fingerprint density at radius 3 is 2.87 bits per heavy atom. The van der Waals surface area contributed by atoms with Gasteiger partial charge in [-0.2, -0.15) is 0 Å². The highest BCUT2D eigenvalue weighted by atomic mass is 32.2. The molecule has 7 nitrogen and oxygen atoms in total. The van der Waals surface area contributed by atoms with Gasteiger partial charge in [0, 0.05) is 12.5 Å². The number of hydrogen-bond donors (Lipinski definition) is 2. The third-order valence-corrected chi connectivity index (χ3v) is 2.85. The van der Waals surface area contributed by atoms with E-state index in [0.717, 1.165) is 0 Å². The zero-order valence-corrected chi connectivity index (χ0v) is 8.53. The Bertz CT molecular complexity index is 411. The Morgan fingerprint density at radius 1 is 1.60 bits per heavy atom. The minimum atomic E-state index is -3.54. The van der Waals surface area contributed by atoms with Crippen LogP contribution in [0.5, 0.6) is 0 Å². The summed E-state index contributed by atoms with van der Waals surface area (Å²) in [5.74, 6) is -1.19. The van der Waals surface area contributed by atoms with Crippen LogP contribution in [0, 0.1) is 0 Å². The number of sulfonamides is 1. The molecule has 8 heteroatoms. The van der Waals surface area contributed by atoms with Crippen molar-refractivity contribution in [3.63, 3.8) is 0 Å². The van der Waals surface area contributed by atoms with Crippen molar-refractivity contribution in [3.05, 3.63) is 12.3 Å². The summed E-state index contributed by atoms with van der Waals surface area (Å²) >= 11 is 0. The third-order valence-electron chi connectivity index (χ3n) is 1.50. The highest BCUT2D eigenvalue weighted by Gasteiger charge is 2.12. The van der Waals surface area contributed by atoms with Crippen molar-refractivity contribution in [2.75, 3.05) is 10.5 Å². The molecule has 0 aliphatic carbocycles. The maximum absolute atomic E-state index is 11.3. The van der Waals surface area contributed by atoms with Crippen LogP contribution in [0.25, 0.3) is 0 Å². The molecule has 0 amide bonds. The zero-order chi connectivity index (χ0) is 11.3. The van der Waals surface area contributed by atoms with Gasteiger partial charge in [0.25, 0.3) is 0 Å². The van der Waals surface area contributed by atoms with Gasteiger partial charge in [-0.15, -0.1) is 0 Å². The van der Waals surface area contributed by atoms with Crippen LogP contribution < -0.4 is 4.72 Å². The molecule has 0 bridgehead atoms. The molecule has 2 N–H and O–H groups in total. The molecular weight excluding hydrogens is 224 g/mol. The molecule has 1 rings (SSSR count). The fraction of sp³-hybridized carbons (Fsp3) is 0.429. The number of rotatable bonds is 6. The first kappa shape index (κ1) is 11.5. The van der Waals surface area contributed by atoms with Crippen LogP contribution in [0.2, 0.25) is 0 Å². The average Bonchev–Trinajstić information content (AvgIpc) is 2.54. The Morgan fingerprint density at radius 2 is 2.33 bits per heavy atom. The van der Waals surface area contributed by atoms with Crippen molar-refractivity contribution in [3.8, 4) is 0 Å². The lowest BCUT2D eigenvalue weighted by atomic mass is 10.3. The summed E-state index contributed by atoms with van der Waals surface area (Å²) in [6.07, 6.45) is 1.11. The molecule has 1 aromatic heterocycles. The first-order chi connectivity index (χ1) is 6.99. The van der Waals surface area contributed by atoms with Gasteiger partial charge in [-0.05, 0) is 6.42 Å². The lowest BCUT2D eigenvalue weighted by molar-refractivity contribution is -0.137. The first-order valence-electron chi connectivity index (χ1n) is 4.12. The summed E-state index contributed by atoms with van der Waals surface area (Å²) in [6.45, 7) is 0. The van der Waals surface area contributed by atoms with E-state index in [2.05, 4.69) is 14.4 Å². The molecule has 0 radical (unpaired) electrons. The minimum Gasteiger partial charge on any atom is -0.481 e. The molecule has 0 saturated carbocycles. The number of anilines is 1. The Hall–Kier alpha value is -1.57. The number of nitrogens with zero attached hydrogens (tertiary/aromatic N) is 1. The standard InChI is InChI=1S/C7H10N2O5S/c10-7(11)2-1-5-15(12,13)9-6-3-4-14-8-6/h3-4H,1-2,5H2,(H,8,9)(H,10,11). The molecule has 0 aliphatic rings. The summed E-state index contributed by atoms with van der Waals surface area (Å²) < 4.78 is 29.2. The van der Waals surface area contributed by atoms with Crippen LogP contribution >= 0.6 is 0 Å². The van der Waals surface area contributed by atoms with E-state index >= 15 is 0 Å². The Balaban J connectivity index is 2.43. The summed E-state index contributed by atoms with van der Waals surface area (Å²) in [7, 11) is -3.54. The molecule has 0 spiro atoms. The number of hydrogen-bond acceptors (Lipinski definition) is 5. The first-order valence-corrected chi connectivity index (χ1v) is 5.77. The van der Waals surface area contributed by atoms with Crippen LogP contribution in [-0.4, -0.2) is 30.4 Å². The topological polar surface area (TPSA) is 110 Å². The molecular formula is C7H10N2O5S. The number of aromatic nitrogens is 1. The van der Waals surface area contributed by atoms with Crippen LogP contribution in [0.3, 0.4) is 0 Å². The summed E-state index contributed by atoms with van der Waals surface area (Å²) in [5, 5.41) is 11.7. The second-order valence-corrected chi connectivity index (χ2v) is 4.64. The van der Waals surface area contributed by atoms with E-state index in [-0.39, 0.29) is 24.4 Å². The normalized spacial score (nSPS) is 11.2. The van der Waals surface area contributed by atoms with Crippen molar-refractivity contribution in [1.29, 1.82) is 0 Å². The number of carboxylic acids is 1. The minimum absolute atomic E-state index is 0.0581. The van der Waals surface area contributed by atoms with Crippen molar-refractivity contribution in [2.24, 2.45) is 0 Å². The number of aliphatic carboxylic acids is 1. The van der Waals surface area contributed by atoms with E-state index in [1.54, 1.807) is 0 Å². The highest BCUT2D eigenvalue weighted by molar-refractivity contribution is 7.92. The molecule has 0 saturated heterocycles. The maximum atomic E-state index is 11.3. The SMILES string of the molecule is O=C(O)CCCS(=O)(=O)Nc1ccon1. The monoisotopic (exact) mass is 234 g/mol. The predicted octanol–water partition coefficient (Wildman–Crippen LogP) is 0.281. The van der Waals surface area contributed by atoms with E-state index in [1.165, 1.54) is 12.3 Å². The van der Waals surface area contributed by atoms with Crippen LogP contribution in [0.15, 0.2) is 16.9 Å². The second kappa shape index (κ2) is 4.78. The van der Waals surface area contributed by atoms with Crippen molar-refractivity contribution in [2.45, 2.75) is 12.8 Å². The van der Waals surface area contributed by atoms with Crippen molar-refractivity contribution >= 4 is 21.8 Å². The Labute approximate surface area is 86.1 Å². The number of carbonyl (C=O) groups is 1. The maximum Gasteiger partial charge on any atom is 0.303 e. The van der Waals surface area contributed by atoms with Gasteiger partial charge in [0.2, 0.25) is 10.0 Å². The van der Waals surface area contributed by atoms with E-state index in [1.807, 2.05) is 0 Å². The summed E-state index contributed by atoms with van der Waals surface area (Å²) in [5.41, 5.74) is 0. The molecule has 0 aliphatic heterocycles. The molecule has 0 fully saturated rings. The lowest BCUT2D eigenvalue weighted by Gasteiger charge is -2.02. The average molecular weight is 234 g/mol. The van der Waals surface area contributed by atoms with Gasteiger partial charge < -0.3 is 9.63 Å². The largest absolute Gasteiger partial charge is 0.481 e. The fourth-order valence-electron chi connectivity index (χ4n) is 0.889. The Kier molecular flexibility index (Phi) is 3.67. The van der Waals surface area contributed by atoms with Crippen LogP contribution in [-0.2, 0) is 14.8 Å². The van der Waals surface area contributed by atoms with E-state index in [4.69, 9.17) is 5.11 Å². The van der Waals surface area contributed by atoms with Gasteiger partial charge >= 0.3 is 5.97 Å². The van der Waals surface area contributed by atoms with Gasteiger partial charge in [-0.1, -0.05) is 5.16 Å². The number of nitrogens with one attached hydrogen (secondary N) is 1. The molecule has 0 aromatic carbocycles. The quantitative estimate of drug-likeness (QED) is 0.731. The molecule has 1 heterocycles. The van der Waals surface area contributed by atoms with Gasteiger partial charge in [-0.25, -0.2) is 8.42 Å². The smallest absolute Gasteiger partial charge is 0.303 e. The van der Waals surface area contributed by atoms with Gasteiger partial charge in [-0.3, -0.25) is 9.52 Å². The van der Waals surface area contributed by atoms with Crippen LogP contribution in [0.4, 0.5) is 5.82 Å². The van der Waals surface area contributed by atoms with E-state index in [9.17, 15) is 13.2 Å². The summed E-state index contributed by atoms with van der Waals surface area (Å²) in [6, 6.07) is 1.36. The lowest BCUT2D eigenvalue weighted by Crippen LogP contribution is -2.17. The fourth-order valence-corrected chi connectivity index (χ4v) is 1.94. The molecule has 1 aromatic rings. The number of carboxylic acid groups (broad SMARTS) is 1. The molecule has 15 heavy (non-hydrogen) atoms. The third kappa shape index (κ3) is 4.45. The molecule has 0 unspecified atom stereocenters. The van der Waals surface area contributed by atoms with Gasteiger partial charge in [0.1, 0.15) is 6.26 Å². The molecule has 0 atom stereocenters. The van der Waals surface area contributed by atoms with E-state index in [0.29, 0.717) is 0 Å². The van der Waals surface area contributed by atoms with Gasteiger partial charge in [0.05, 0.1) is 5.75 Å². The second-order valence-electron chi connectivity index (χ2n) is 2.80. The summed E-state index contributed by atoms with van der Waals surface area (Å²) in [4.78, 5) is 10.2. The zero-order valence-electron chi connectivity index (χ0n) is 7.71. The van der Waals surface area contributed by atoms with E-state index < -0.39 is 16.0 Å². The van der Waals surface area contributed by atoms with Crippen molar-refractivity contribution < 1.29 is 22.8 Å². The molecule has 84 valence electrons. The highest BCUT2D eigenvalue weighted by Crippen LogP contribution is 2.06. The van der Waals surface area contributed by atoms with Gasteiger partial charge in [0.15, 0.2) is 5.82 Å².